The highest BCUT2D eigenvalue weighted by molar-refractivity contribution is 7.99. The quantitative estimate of drug-likeness (QED) is 0.688. The lowest BCUT2D eigenvalue weighted by molar-refractivity contribution is 0.259. The number of hydrogen-bond donors (Lipinski definition) is 1. The third kappa shape index (κ3) is 2.84. The molecule has 1 unspecified atom stereocenters. The van der Waals surface area contributed by atoms with Crippen molar-refractivity contribution in [1.29, 1.82) is 0 Å². The minimum absolute atomic E-state index is 0.111. The Balaban J connectivity index is 1.60. The van der Waals surface area contributed by atoms with E-state index in [-0.39, 0.29) is 11.9 Å². The van der Waals surface area contributed by atoms with Crippen molar-refractivity contribution in [2.45, 2.75) is 17.4 Å². The molecule has 2 aromatic rings. The van der Waals surface area contributed by atoms with Crippen LogP contribution in [0, 0.1) is 5.82 Å². The molecule has 98 valence electrons. The lowest BCUT2D eigenvalue weighted by Crippen LogP contribution is -2.15. The fourth-order valence-corrected chi connectivity index (χ4v) is 3.03. The van der Waals surface area contributed by atoms with E-state index >= 15 is 0 Å². The number of ether oxygens (including phenoxy) is 1. The predicted octanol–water partition coefficient (Wildman–Crippen LogP) is 3.50. The highest BCUT2D eigenvalue weighted by atomic mass is 32.2. The first-order valence-electron chi connectivity index (χ1n) is 6.14. The van der Waals surface area contributed by atoms with Crippen molar-refractivity contribution in [2.75, 3.05) is 11.5 Å². The SMILES string of the molecule is Nc1ccc(SCC2Cc3cc(F)ccc3O2)cc1. The second-order valence-corrected chi connectivity index (χ2v) is 5.67. The first-order chi connectivity index (χ1) is 9.20. The maximum absolute atomic E-state index is 13.1. The minimum atomic E-state index is -0.200. The van der Waals surface area contributed by atoms with Crippen LogP contribution >= 0.6 is 11.8 Å². The molecule has 0 saturated carbocycles. The Morgan fingerprint density at radius 3 is 2.79 bits per heavy atom. The lowest BCUT2D eigenvalue weighted by atomic mass is 10.1. The Kier molecular flexibility index (Phi) is 3.34. The molecule has 0 fully saturated rings. The maximum atomic E-state index is 13.1. The van der Waals surface area contributed by atoms with E-state index in [1.165, 1.54) is 11.0 Å². The van der Waals surface area contributed by atoms with E-state index in [1.54, 1.807) is 23.9 Å². The molecule has 2 nitrogen and oxygen atoms in total. The maximum Gasteiger partial charge on any atom is 0.123 e. The summed E-state index contributed by atoms with van der Waals surface area (Å²) in [4.78, 5) is 1.17. The van der Waals surface area contributed by atoms with Gasteiger partial charge in [-0.2, -0.15) is 0 Å². The molecule has 4 heteroatoms. The van der Waals surface area contributed by atoms with Crippen molar-refractivity contribution in [3.05, 3.63) is 53.8 Å². The number of nitrogens with two attached hydrogens (primary N) is 1. The molecule has 1 heterocycles. The molecular formula is C15H14FNOS. The van der Waals surface area contributed by atoms with Crippen molar-refractivity contribution >= 4 is 17.4 Å². The standard InChI is InChI=1S/C15H14FNOS/c16-11-1-6-15-10(7-11)8-13(18-15)9-19-14-4-2-12(17)3-5-14/h1-7,13H,8-9,17H2. The van der Waals surface area contributed by atoms with Gasteiger partial charge >= 0.3 is 0 Å². The normalized spacial score (nSPS) is 17.0. The van der Waals surface area contributed by atoms with Crippen molar-refractivity contribution in [3.8, 4) is 5.75 Å². The summed E-state index contributed by atoms with van der Waals surface area (Å²) in [5, 5.41) is 0. The molecule has 0 bridgehead atoms. The predicted molar refractivity (Wildman–Crippen MR) is 76.1 cm³/mol. The van der Waals surface area contributed by atoms with E-state index in [4.69, 9.17) is 10.5 Å². The Bertz CT molecular complexity index is 585. The molecule has 1 aliphatic heterocycles. The summed E-state index contributed by atoms with van der Waals surface area (Å²) >= 11 is 1.73. The number of hydrogen-bond acceptors (Lipinski definition) is 3. The highest BCUT2D eigenvalue weighted by Gasteiger charge is 2.23. The number of thioether (sulfide) groups is 1. The van der Waals surface area contributed by atoms with E-state index in [0.717, 1.165) is 29.2 Å². The molecule has 2 N–H and O–H groups in total. The minimum Gasteiger partial charge on any atom is -0.489 e. The van der Waals surface area contributed by atoms with Gasteiger partial charge in [-0.15, -0.1) is 11.8 Å². The van der Waals surface area contributed by atoms with E-state index in [2.05, 4.69) is 0 Å². The van der Waals surface area contributed by atoms with Crippen LogP contribution < -0.4 is 10.5 Å². The summed E-state index contributed by atoms with van der Waals surface area (Å²) in [7, 11) is 0. The fraction of sp³-hybridized carbons (Fsp3) is 0.200. The van der Waals surface area contributed by atoms with Crippen LogP contribution in [0.5, 0.6) is 5.75 Å². The summed E-state index contributed by atoms with van der Waals surface area (Å²) in [5.41, 5.74) is 7.38. The van der Waals surface area contributed by atoms with Crippen LogP contribution in [-0.4, -0.2) is 11.9 Å². The number of rotatable bonds is 3. The summed E-state index contributed by atoms with van der Waals surface area (Å²) in [6.07, 6.45) is 0.883. The summed E-state index contributed by atoms with van der Waals surface area (Å²) in [6.45, 7) is 0. The smallest absolute Gasteiger partial charge is 0.123 e. The summed E-state index contributed by atoms with van der Waals surface area (Å²) in [5.74, 6) is 1.46. The number of benzene rings is 2. The zero-order valence-corrected chi connectivity index (χ0v) is 11.1. The highest BCUT2D eigenvalue weighted by Crippen LogP contribution is 2.32. The lowest BCUT2D eigenvalue weighted by Gasteiger charge is -2.10. The van der Waals surface area contributed by atoms with Crippen LogP contribution in [-0.2, 0) is 6.42 Å². The monoisotopic (exact) mass is 275 g/mol. The average molecular weight is 275 g/mol. The van der Waals surface area contributed by atoms with Gasteiger partial charge < -0.3 is 10.5 Å². The molecule has 2 aromatic carbocycles. The van der Waals surface area contributed by atoms with Crippen molar-refractivity contribution in [3.63, 3.8) is 0 Å². The number of fused-ring (bicyclic) bond motifs is 1. The zero-order valence-electron chi connectivity index (χ0n) is 10.3. The van der Waals surface area contributed by atoms with Crippen LogP contribution in [0.4, 0.5) is 10.1 Å². The third-order valence-corrected chi connectivity index (χ3v) is 4.22. The topological polar surface area (TPSA) is 35.2 Å². The summed E-state index contributed by atoms with van der Waals surface area (Å²) < 4.78 is 18.9. The van der Waals surface area contributed by atoms with E-state index in [9.17, 15) is 4.39 Å². The van der Waals surface area contributed by atoms with E-state index < -0.39 is 0 Å². The molecule has 1 aliphatic rings. The molecule has 19 heavy (non-hydrogen) atoms. The van der Waals surface area contributed by atoms with E-state index in [1.807, 2.05) is 24.3 Å². The number of halogens is 1. The van der Waals surface area contributed by atoms with Gasteiger partial charge in [-0.25, -0.2) is 4.39 Å². The summed E-state index contributed by atoms with van der Waals surface area (Å²) in [6, 6.07) is 12.5. The van der Waals surface area contributed by atoms with Gasteiger partial charge in [-0.3, -0.25) is 0 Å². The molecule has 0 spiro atoms. The first kappa shape index (κ1) is 12.4. The van der Waals surface area contributed by atoms with Crippen LogP contribution in [0.25, 0.3) is 0 Å². The van der Waals surface area contributed by atoms with Gasteiger partial charge in [-0.05, 0) is 42.5 Å². The van der Waals surface area contributed by atoms with Gasteiger partial charge in [0, 0.05) is 28.3 Å². The molecule has 1 atom stereocenters. The first-order valence-corrected chi connectivity index (χ1v) is 7.13. The van der Waals surface area contributed by atoms with Crippen molar-refractivity contribution in [2.24, 2.45) is 0 Å². The molecular weight excluding hydrogens is 261 g/mol. The van der Waals surface area contributed by atoms with Gasteiger partial charge in [-0.1, -0.05) is 0 Å². The second-order valence-electron chi connectivity index (χ2n) is 4.58. The second kappa shape index (κ2) is 5.13. The Hall–Kier alpha value is -1.68. The Labute approximate surface area is 115 Å². The van der Waals surface area contributed by atoms with Crippen LogP contribution in [0.1, 0.15) is 5.56 Å². The Morgan fingerprint density at radius 2 is 2.00 bits per heavy atom. The van der Waals surface area contributed by atoms with Gasteiger partial charge in [0.15, 0.2) is 0 Å². The molecule has 0 radical (unpaired) electrons. The molecule has 3 rings (SSSR count). The molecule has 0 amide bonds. The molecule has 0 aromatic heterocycles. The molecule has 0 saturated heterocycles. The van der Waals surface area contributed by atoms with Crippen LogP contribution in [0.3, 0.4) is 0 Å². The zero-order chi connectivity index (χ0) is 13.2. The van der Waals surface area contributed by atoms with Crippen LogP contribution in [0.2, 0.25) is 0 Å². The van der Waals surface area contributed by atoms with Crippen molar-refractivity contribution in [1.82, 2.24) is 0 Å². The Morgan fingerprint density at radius 1 is 1.21 bits per heavy atom. The number of anilines is 1. The number of nitrogen functional groups attached to an aromatic ring is 1. The fourth-order valence-electron chi connectivity index (χ4n) is 2.14. The van der Waals surface area contributed by atoms with E-state index in [0.29, 0.717) is 0 Å². The average Bonchev–Trinajstić information content (AvgIpc) is 2.80. The van der Waals surface area contributed by atoms with Gasteiger partial charge in [0.05, 0.1) is 0 Å². The van der Waals surface area contributed by atoms with Crippen LogP contribution in [0.15, 0.2) is 47.4 Å². The van der Waals surface area contributed by atoms with Gasteiger partial charge in [0.25, 0.3) is 0 Å². The third-order valence-electron chi connectivity index (χ3n) is 3.08. The largest absolute Gasteiger partial charge is 0.489 e. The van der Waals surface area contributed by atoms with Gasteiger partial charge in [0.1, 0.15) is 17.7 Å². The van der Waals surface area contributed by atoms with Gasteiger partial charge in [0.2, 0.25) is 0 Å². The molecule has 0 aliphatic carbocycles. The van der Waals surface area contributed by atoms with Crippen molar-refractivity contribution < 1.29 is 9.13 Å².